The lowest BCUT2D eigenvalue weighted by molar-refractivity contribution is 0.304. The van der Waals surface area contributed by atoms with Gasteiger partial charge in [0.15, 0.2) is 0 Å². The third-order valence-corrected chi connectivity index (χ3v) is 4.79. The van der Waals surface area contributed by atoms with E-state index in [4.69, 9.17) is 9.47 Å². The van der Waals surface area contributed by atoms with Crippen molar-refractivity contribution in [1.82, 2.24) is 0 Å². The molecule has 0 aliphatic rings. The predicted molar refractivity (Wildman–Crippen MR) is 115 cm³/mol. The Bertz CT molecular complexity index is 861. The summed E-state index contributed by atoms with van der Waals surface area (Å²) in [4.78, 5) is 0. The third kappa shape index (κ3) is 5.76. The minimum Gasteiger partial charge on any atom is -0.494 e. The highest BCUT2D eigenvalue weighted by atomic mass is 79.9. The van der Waals surface area contributed by atoms with Crippen molar-refractivity contribution in [1.29, 1.82) is 0 Å². The number of ether oxygens (including phenoxy) is 2. The first-order chi connectivity index (χ1) is 13.1. The van der Waals surface area contributed by atoms with Gasteiger partial charge in [-0.2, -0.15) is 0 Å². The van der Waals surface area contributed by atoms with Gasteiger partial charge in [-0.15, -0.1) is 0 Å². The maximum atomic E-state index is 5.94. The molecule has 0 heterocycles. The monoisotopic (exact) mass is 425 g/mol. The quantitative estimate of drug-likeness (QED) is 0.456. The largest absolute Gasteiger partial charge is 0.494 e. The van der Waals surface area contributed by atoms with Crippen molar-refractivity contribution in [3.8, 4) is 11.5 Å². The van der Waals surface area contributed by atoms with Crippen LogP contribution >= 0.6 is 15.9 Å². The Morgan fingerprint density at radius 2 is 1.56 bits per heavy atom. The van der Waals surface area contributed by atoms with E-state index in [2.05, 4.69) is 64.6 Å². The van der Waals surface area contributed by atoms with Gasteiger partial charge >= 0.3 is 0 Å². The highest BCUT2D eigenvalue weighted by molar-refractivity contribution is 9.10. The smallest absolute Gasteiger partial charge is 0.134 e. The molecule has 3 rings (SSSR count). The molecule has 3 nitrogen and oxygen atoms in total. The molecule has 0 fully saturated rings. The summed E-state index contributed by atoms with van der Waals surface area (Å²) in [6, 6.07) is 22.6. The van der Waals surface area contributed by atoms with Crippen LogP contribution in [0.5, 0.6) is 11.5 Å². The topological polar surface area (TPSA) is 30.5 Å². The molecule has 0 aromatic heterocycles. The first kappa shape index (κ1) is 19.3. The van der Waals surface area contributed by atoms with Crippen molar-refractivity contribution in [3.05, 3.63) is 87.9 Å². The van der Waals surface area contributed by atoms with E-state index in [9.17, 15) is 0 Å². The van der Waals surface area contributed by atoms with E-state index in [1.54, 1.807) is 0 Å². The Morgan fingerprint density at radius 3 is 2.22 bits per heavy atom. The standard InChI is InChI=1S/C23H24BrNO2/c1-3-26-21-11-9-20(10-12-21)25-15-19-8-13-23(22(24)14-19)27-16-18-6-4-17(2)5-7-18/h4-14,25H,3,15-16H2,1-2H3. The molecule has 0 atom stereocenters. The van der Waals surface area contributed by atoms with E-state index in [0.29, 0.717) is 13.2 Å². The highest BCUT2D eigenvalue weighted by Gasteiger charge is 2.04. The minimum atomic E-state index is 0.558. The normalized spacial score (nSPS) is 10.5. The average Bonchev–Trinajstić information content (AvgIpc) is 2.68. The summed E-state index contributed by atoms with van der Waals surface area (Å²) in [6.07, 6.45) is 0. The molecule has 3 aromatic rings. The lowest BCUT2D eigenvalue weighted by Crippen LogP contribution is -2.01. The second kappa shape index (κ2) is 9.47. The number of benzene rings is 3. The zero-order valence-corrected chi connectivity index (χ0v) is 17.3. The van der Waals surface area contributed by atoms with Crippen molar-refractivity contribution in [2.45, 2.75) is 27.0 Å². The first-order valence-electron chi connectivity index (χ1n) is 9.07. The van der Waals surface area contributed by atoms with Gasteiger partial charge in [0.05, 0.1) is 11.1 Å². The maximum absolute atomic E-state index is 5.94. The van der Waals surface area contributed by atoms with Crippen LogP contribution in [0.2, 0.25) is 0 Å². The summed E-state index contributed by atoms with van der Waals surface area (Å²) in [5.74, 6) is 1.74. The van der Waals surface area contributed by atoms with Crippen molar-refractivity contribution in [2.75, 3.05) is 11.9 Å². The Kier molecular flexibility index (Phi) is 6.77. The van der Waals surface area contributed by atoms with Gasteiger partial charge in [0.1, 0.15) is 18.1 Å². The number of aryl methyl sites for hydroxylation is 1. The van der Waals surface area contributed by atoms with Gasteiger partial charge in [-0.1, -0.05) is 35.9 Å². The van der Waals surface area contributed by atoms with Crippen LogP contribution in [0.4, 0.5) is 5.69 Å². The van der Waals surface area contributed by atoms with Crippen LogP contribution in [0.25, 0.3) is 0 Å². The SMILES string of the molecule is CCOc1ccc(NCc2ccc(OCc3ccc(C)cc3)c(Br)c2)cc1. The van der Waals surface area contributed by atoms with Crippen LogP contribution < -0.4 is 14.8 Å². The Morgan fingerprint density at radius 1 is 0.852 bits per heavy atom. The zero-order chi connectivity index (χ0) is 19.1. The molecule has 0 spiro atoms. The summed E-state index contributed by atoms with van der Waals surface area (Å²) >= 11 is 3.62. The number of hydrogen-bond acceptors (Lipinski definition) is 3. The number of hydrogen-bond donors (Lipinski definition) is 1. The van der Waals surface area contributed by atoms with Crippen LogP contribution in [-0.2, 0) is 13.2 Å². The molecule has 140 valence electrons. The fourth-order valence-electron chi connectivity index (χ4n) is 2.66. The Hall–Kier alpha value is -2.46. The summed E-state index contributed by atoms with van der Waals surface area (Å²) in [5, 5.41) is 3.42. The van der Waals surface area contributed by atoms with Gasteiger partial charge < -0.3 is 14.8 Å². The van der Waals surface area contributed by atoms with Crippen molar-refractivity contribution in [2.24, 2.45) is 0 Å². The lowest BCUT2D eigenvalue weighted by Gasteiger charge is -2.12. The predicted octanol–water partition coefficient (Wildman–Crippen LogP) is 6.35. The van der Waals surface area contributed by atoms with Gasteiger partial charge in [0.25, 0.3) is 0 Å². The molecule has 0 saturated heterocycles. The lowest BCUT2D eigenvalue weighted by atomic mass is 10.2. The van der Waals surface area contributed by atoms with Gasteiger partial charge in [-0.25, -0.2) is 0 Å². The molecule has 3 aromatic carbocycles. The Balaban J connectivity index is 1.55. The van der Waals surface area contributed by atoms with Gasteiger partial charge in [0.2, 0.25) is 0 Å². The maximum Gasteiger partial charge on any atom is 0.134 e. The van der Waals surface area contributed by atoms with Crippen LogP contribution in [0.1, 0.15) is 23.6 Å². The van der Waals surface area contributed by atoms with E-state index in [1.807, 2.05) is 37.3 Å². The van der Waals surface area contributed by atoms with Gasteiger partial charge in [0, 0.05) is 12.2 Å². The fraction of sp³-hybridized carbons (Fsp3) is 0.217. The fourth-order valence-corrected chi connectivity index (χ4v) is 3.20. The molecular weight excluding hydrogens is 402 g/mol. The van der Waals surface area contributed by atoms with Crippen molar-refractivity contribution < 1.29 is 9.47 Å². The van der Waals surface area contributed by atoms with E-state index in [0.717, 1.165) is 33.8 Å². The van der Waals surface area contributed by atoms with Crippen molar-refractivity contribution >= 4 is 21.6 Å². The van der Waals surface area contributed by atoms with E-state index in [-0.39, 0.29) is 0 Å². The van der Waals surface area contributed by atoms with Crippen LogP contribution in [0.3, 0.4) is 0 Å². The van der Waals surface area contributed by atoms with Crippen molar-refractivity contribution in [3.63, 3.8) is 0 Å². The second-order valence-electron chi connectivity index (χ2n) is 6.35. The third-order valence-electron chi connectivity index (χ3n) is 4.17. The molecule has 1 N–H and O–H groups in total. The number of anilines is 1. The van der Waals surface area contributed by atoms with Crippen LogP contribution in [0, 0.1) is 6.92 Å². The molecular formula is C23H24BrNO2. The molecule has 0 saturated carbocycles. The number of nitrogens with one attached hydrogen (secondary N) is 1. The van der Waals surface area contributed by atoms with E-state index in [1.165, 1.54) is 11.1 Å². The summed E-state index contributed by atoms with van der Waals surface area (Å²) < 4.78 is 12.4. The van der Waals surface area contributed by atoms with Crippen LogP contribution in [-0.4, -0.2) is 6.61 Å². The average molecular weight is 426 g/mol. The van der Waals surface area contributed by atoms with Gasteiger partial charge in [-0.3, -0.25) is 0 Å². The summed E-state index contributed by atoms with van der Waals surface area (Å²) in [5.41, 5.74) is 4.66. The Labute approximate surface area is 169 Å². The molecule has 0 amide bonds. The second-order valence-corrected chi connectivity index (χ2v) is 7.20. The minimum absolute atomic E-state index is 0.558. The van der Waals surface area contributed by atoms with Crippen LogP contribution in [0.15, 0.2) is 71.2 Å². The number of rotatable bonds is 8. The molecule has 0 radical (unpaired) electrons. The van der Waals surface area contributed by atoms with Gasteiger partial charge in [-0.05, 0) is 77.3 Å². The molecule has 0 aliphatic carbocycles. The van der Waals surface area contributed by atoms with E-state index >= 15 is 0 Å². The first-order valence-corrected chi connectivity index (χ1v) is 9.87. The molecule has 0 unspecified atom stereocenters. The molecule has 4 heteroatoms. The number of halogens is 1. The summed E-state index contributed by atoms with van der Waals surface area (Å²) in [6.45, 7) is 6.05. The highest BCUT2D eigenvalue weighted by Crippen LogP contribution is 2.27. The summed E-state index contributed by atoms with van der Waals surface area (Å²) in [7, 11) is 0. The van der Waals surface area contributed by atoms with E-state index < -0.39 is 0 Å². The molecule has 27 heavy (non-hydrogen) atoms. The molecule has 0 aliphatic heterocycles. The molecule has 0 bridgehead atoms. The zero-order valence-electron chi connectivity index (χ0n) is 15.7.